The Morgan fingerprint density at radius 3 is 2.74 bits per heavy atom. The predicted octanol–water partition coefficient (Wildman–Crippen LogP) is 5.36. The zero-order chi connectivity index (χ0) is 16.7. The summed E-state index contributed by atoms with van der Waals surface area (Å²) in [5.74, 6) is 0. The summed E-state index contributed by atoms with van der Waals surface area (Å²) in [5, 5.41) is 8.76. The molecular weight excluding hydrogens is 346 g/mol. The van der Waals surface area contributed by atoms with Gasteiger partial charge in [-0.05, 0) is 62.0 Å². The van der Waals surface area contributed by atoms with Crippen LogP contribution in [-0.4, -0.2) is 16.1 Å². The third-order valence-electron chi connectivity index (χ3n) is 3.15. The van der Waals surface area contributed by atoms with E-state index in [1.165, 1.54) is 0 Å². The number of hydrogen-bond donors (Lipinski definition) is 2. The molecule has 0 saturated heterocycles. The van der Waals surface area contributed by atoms with Gasteiger partial charge in [-0.3, -0.25) is 0 Å². The third-order valence-corrected chi connectivity index (χ3v) is 4.65. The highest BCUT2D eigenvalue weighted by molar-refractivity contribution is 7.99. The van der Waals surface area contributed by atoms with Crippen molar-refractivity contribution in [3.63, 3.8) is 0 Å². The largest absolute Gasteiger partial charge is 0.360 e. The van der Waals surface area contributed by atoms with Crippen molar-refractivity contribution in [3.8, 4) is 0 Å². The van der Waals surface area contributed by atoms with Crippen LogP contribution in [0.3, 0.4) is 0 Å². The maximum Gasteiger partial charge on any atom is 0.171 e. The predicted molar refractivity (Wildman–Crippen MR) is 104 cm³/mol. The minimum absolute atomic E-state index is 0.351. The smallest absolute Gasteiger partial charge is 0.171 e. The lowest BCUT2D eigenvalue weighted by Gasteiger charge is -2.17. The van der Waals surface area contributed by atoms with E-state index in [9.17, 15) is 0 Å². The lowest BCUT2D eigenvalue weighted by atomic mass is 10.2. The second-order valence-corrected chi connectivity index (χ2v) is 7.11. The number of nitrogens with zero attached hydrogens (tertiary/aromatic N) is 1. The fourth-order valence-corrected chi connectivity index (χ4v) is 3.34. The molecule has 0 fully saturated rings. The zero-order valence-corrected chi connectivity index (χ0v) is 15.6. The highest BCUT2D eigenvalue weighted by Crippen LogP contribution is 2.32. The molecule has 1 atom stereocenters. The molecule has 1 unspecified atom stereocenters. The summed E-state index contributed by atoms with van der Waals surface area (Å²) in [4.78, 5) is 5.52. The van der Waals surface area contributed by atoms with E-state index in [4.69, 9.17) is 23.8 Å². The van der Waals surface area contributed by atoms with Gasteiger partial charge in [-0.2, -0.15) is 0 Å². The van der Waals surface area contributed by atoms with Crippen molar-refractivity contribution in [3.05, 3.63) is 47.6 Å². The maximum atomic E-state index is 5.93. The van der Waals surface area contributed by atoms with Crippen LogP contribution in [0.4, 0.5) is 5.69 Å². The number of rotatable bonds is 6. The van der Waals surface area contributed by atoms with E-state index in [2.05, 4.69) is 29.5 Å². The maximum absolute atomic E-state index is 5.93. The highest BCUT2D eigenvalue weighted by atomic mass is 35.5. The Kier molecular flexibility index (Phi) is 7.15. The van der Waals surface area contributed by atoms with E-state index in [0.29, 0.717) is 11.2 Å². The molecule has 0 aliphatic rings. The number of halogens is 1. The summed E-state index contributed by atoms with van der Waals surface area (Å²) < 4.78 is 0. The van der Waals surface area contributed by atoms with Gasteiger partial charge >= 0.3 is 0 Å². The van der Waals surface area contributed by atoms with Crippen LogP contribution in [0, 0.1) is 0 Å². The quantitative estimate of drug-likeness (QED) is 0.674. The van der Waals surface area contributed by atoms with Gasteiger partial charge in [0.1, 0.15) is 5.03 Å². The molecule has 2 N–H and O–H groups in total. The van der Waals surface area contributed by atoms with Crippen molar-refractivity contribution in [2.45, 2.75) is 42.7 Å². The van der Waals surface area contributed by atoms with Gasteiger partial charge < -0.3 is 10.6 Å². The van der Waals surface area contributed by atoms with E-state index in [0.717, 1.165) is 33.5 Å². The van der Waals surface area contributed by atoms with Crippen molar-refractivity contribution in [2.24, 2.45) is 0 Å². The first-order valence-electron chi connectivity index (χ1n) is 7.54. The molecule has 2 rings (SSSR count). The molecule has 6 heteroatoms. The average Bonchev–Trinajstić information content (AvgIpc) is 2.51. The van der Waals surface area contributed by atoms with Crippen LogP contribution in [-0.2, 0) is 0 Å². The van der Waals surface area contributed by atoms with Crippen LogP contribution in [0.15, 0.2) is 52.5 Å². The van der Waals surface area contributed by atoms with Crippen molar-refractivity contribution >= 4 is 46.4 Å². The SMILES string of the molecule is CCCC(C)NC(=S)Nc1cccnc1Sc1ccc(Cl)cc1. The number of nitrogens with one attached hydrogen (secondary N) is 2. The van der Waals surface area contributed by atoms with Crippen molar-refractivity contribution in [1.82, 2.24) is 10.3 Å². The number of pyridine rings is 1. The van der Waals surface area contributed by atoms with Crippen molar-refractivity contribution in [1.29, 1.82) is 0 Å². The van der Waals surface area contributed by atoms with Crippen LogP contribution in [0.2, 0.25) is 5.02 Å². The molecule has 0 aliphatic carbocycles. The summed E-state index contributed by atoms with van der Waals surface area (Å²) in [6, 6.07) is 11.9. The standard InChI is InChI=1S/C17H20ClN3S2/c1-3-5-12(2)20-17(22)21-15-6-4-11-19-16(15)23-14-9-7-13(18)8-10-14/h4,6-12H,3,5H2,1-2H3,(H2,20,21,22). The number of benzene rings is 1. The molecule has 0 saturated carbocycles. The van der Waals surface area contributed by atoms with E-state index in [1.807, 2.05) is 36.4 Å². The Bertz CT molecular complexity index is 647. The molecule has 0 radical (unpaired) electrons. The minimum atomic E-state index is 0.351. The van der Waals surface area contributed by atoms with Crippen LogP contribution >= 0.6 is 35.6 Å². The van der Waals surface area contributed by atoms with Crippen molar-refractivity contribution < 1.29 is 0 Å². The number of thiocarbonyl (C=S) groups is 1. The molecule has 1 aromatic heterocycles. The lowest BCUT2D eigenvalue weighted by Crippen LogP contribution is -2.35. The third kappa shape index (κ3) is 6.01. The van der Waals surface area contributed by atoms with E-state index < -0.39 is 0 Å². The van der Waals surface area contributed by atoms with Gasteiger partial charge in [0.2, 0.25) is 0 Å². The van der Waals surface area contributed by atoms with Crippen LogP contribution < -0.4 is 10.6 Å². The molecule has 0 aliphatic heterocycles. The van der Waals surface area contributed by atoms with Gasteiger partial charge in [0.15, 0.2) is 5.11 Å². The van der Waals surface area contributed by atoms with Crippen molar-refractivity contribution in [2.75, 3.05) is 5.32 Å². The summed E-state index contributed by atoms with van der Waals surface area (Å²) in [7, 11) is 0. The normalized spacial score (nSPS) is 11.8. The van der Waals surface area contributed by atoms with E-state index in [1.54, 1.807) is 18.0 Å². The summed E-state index contributed by atoms with van der Waals surface area (Å²) >= 11 is 12.9. The fourth-order valence-electron chi connectivity index (χ4n) is 2.07. The second kappa shape index (κ2) is 9.11. The molecular formula is C17H20ClN3S2. The molecule has 23 heavy (non-hydrogen) atoms. The first-order chi connectivity index (χ1) is 11.1. The Morgan fingerprint density at radius 2 is 2.04 bits per heavy atom. The van der Waals surface area contributed by atoms with Gasteiger partial charge in [-0.25, -0.2) is 4.98 Å². The Labute approximate surface area is 152 Å². The van der Waals surface area contributed by atoms with E-state index in [-0.39, 0.29) is 0 Å². The second-order valence-electron chi connectivity index (χ2n) is 5.20. The Hall–Kier alpha value is -1.30. The first-order valence-corrected chi connectivity index (χ1v) is 9.14. The first kappa shape index (κ1) is 18.0. The van der Waals surface area contributed by atoms with E-state index >= 15 is 0 Å². The van der Waals surface area contributed by atoms with Gasteiger partial charge in [-0.15, -0.1) is 0 Å². The molecule has 122 valence electrons. The number of aromatic nitrogens is 1. The Balaban J connectivity index is 2.05. The molecule has 0 amide bonds. The fraction of sp³-hybridized carbons (Fsp3) is 0.294. The average molecular weight is 366 g/mol. The topological polar surface area (TPSA) is 37.0 Å². The zero-order valence-electron chi connectivity index (χ0n) is 13.2. The number of hydrogen-bond acceptors (Lipinski definition) is 3. The molecule has 3 nitrogen and oxygen atoms in total. The van der Waals surface area contributed by atoms with Gasteiger partial charge in [-0.1, -0.05) is 36.7 Å². The molecule has 0 bridgehead atoms. The highest BCUT2D eigenvalue weighted by Gasteiger charge is 2.09. The Morgan fingerprint density at radius 1 is 1.30 bits per heavy atom. The summed E-state index contributed by atoms with van der Waals surface area (Å²) in [6.45, 7) is 4.29. The summed E-state index contributed by atoms with van der Waals surface area (Å²) in [5.41, 5.74) is 0.897. The lowest BCUT2D eigenvalue weighted by molar-refractivity contribution is 0.599. The van der Waals surface area contributed by atoms with Crippen LogP contribution in [0.5, 0.6) is 0 Å². The minimum Gasteiger partial charge on any atom is -0.360 e. The van der Waals surface area contributed by atoms with Gasteiger partial charge in [0, 0.05) is 22.2 Å². The molecule has 0 spiro atoms. The molecule has 2 aromatic rings. The number of anilines is 1. The van der Waals surface area contributed by atoms with Crippen LogP contribution in [0.1, 0.15) is 26.7 Å². The van der Waals surface area contributed by atoms with Crippen LogP contribution in [0.25, 0.3) is 0 Å². The summed E-state index contributed by atoms with van der Waals surface area (Å²) in [6.07, 6.45) is 3.99. The monoisotopic (exact) mass is 365 g/mol. The molecule has 1 heterocycles. The molecule has 1 aromatic carbocycles. The van der Waals surface area contributed by atoms with Gasteiger partial charge in [0.05, 0.1) is 5.69 Å². The van der Waals surface area contributed by atoms with Gasteiger partial charge in [0.25, 0.3) is 0 Å².